The third-order valence-electron chi connectivity index (χ3n) is 6.45. The van der Waals surface area contributed by atoms with Crippen LogP contribution in [0.25, 0.3) is 5.76 Å². The highest BCUT2D eigenvalue weighted by atomic mass is 79.9. The molecule has 0 spiro atoms. The number of Topliss-reactive ketones (excluding diaryl/α,β-unsaturated/α-hetero) is 1. The Balaban J connectivity index is 1.88. The van der Waals surface area contributed by atoms with E-state index in [1.165, 1.54) is 4.90 Å². The molecule has 0 aromatic heterocycles. The number of hydrogen-bond donors (Lipinski definition) is 1. The van der Waals surface area contributed by atoms with E-state index in [9.17, 15) is 14.7 Å². The number of aliphatic hydroxyl groups is 1. The van der Waals surface area contributed by atoms with E-state index in [1.807, 2.05) is 62.4 Å². The van der Waals surface area contributed by atoms with E-state index in [0.717, 1.165) is 5.56 Å². The lowest BCUT2D eigenvalue weighted by Gasteiger charge is -2.27. The number of carbonyl (C=O) groups is 2. The summed E-state index contributed by atoms with van der Waals surface area (Å²) in [6, 6.07) is 19.1. The number of ether oxygens (including phenoxy) is 2. The molecule has 3 aromatic carbocycles. The van der Waals surface area contributed by atoms with Gasteiger partial charge in [0.15, 0.2) is 0 Å². The van der Waals surface area contributed by atoms with Crippen LogP contribution in [0, 0.1) is 0 Å². The van der Waals surface area contributed by atoms with Gasteiger partial charge in [-0.15, -0.1) is 0 Å². The number of nitrogens with zero attached hydrogens (tertiary/aromatic N) is 1. The maximum Gasteiger partial charge on any atom is 0.300 e. The SMILES string of the molecule is COc1ccc(/C(O)=C2/C(=O)C(=O)N(c3ccc(C(C)(C)C)cc3)C2c2ccc(OC(C)C)cc2)cc1Br. The summed E-state index contributed by atoms with van der Waals surface area (Å²) in [6.45, 7) is 10.2. The lowest BCUT2D eigenvalue weighted by atomic mass is 9.87. The van der Waals surface area contributed by atoms with Crippen molar-refractivity contribution in [3.63, 3.8) is 0 Å². The van der Waals surface area contributed by atoms with Gasteiger partial charge in [0.1, 0.15) is 17.3 Å². The average Bonchev–Trinajstić information content (AvgIpc) is 3.13. The number of benzene rings is 3. The van der Waals surface area contributed by atoms with E-state index in [4.69, 9.17) is 9.47 Å². The third kappa shape index (κ3) is 5.34. The molecule has 1 atom stereocenters. The van der Waals surface area contributed by atoms with Gasteiger partial charge < -0.3 is 14.6 Å². The summed E-state index contributed by atoms with van der Waals surface area (Å²) in [5, 5.41) is 11.4. The monoisotopic (exact) mass is 577 g/mol. The standard InChI is InChI=1S/C31H32BrNO5/c1-18(2)38-23-14-7-19(8-15-23)27-26(28(34)20-9-16-25(37-6)24(32)17-20)29(35)30(36)33(27)22-12-10-21(11-13-22)31(3,4)5/h7-18,27,34H,1-6H3/b28-26-. The molecule has 1 unspecified atom stereocenters. The Labute approximate surface area is 232 Å². The maximum atomic E-state index is 13.5. The highest BCUT2D eigenvalue weighted by molar-refractivity contribution is 9.10. The molecule has 0 aliphatic carbocycles. The predicted molar refractivity (Wildman–Crippen MR) is 153 cm³/mol. The zero-order valence-corrected chi connectivity index (χ0v) is 24.0. The smallest absolute Gasteiger partial charge is 0.300 e. The van der Waals surface area contributed by atoms with Crippen LogP contribution in [0.2, 0.25) is 0 Å². The molecule has 0 bridgehead atoms. The maximum absolute atomic E-state index is 13.5. The van der Waals surface area contributed by atoms with Gasteiger partial charge in [0, 0.05) is 11.3 Å². The first-order chi connectivity index (χ1) is 17.9. The Morgan fingerprint density at radius 1 is 0.974 bits per heavy atom. The summed E-state index contributed by atoms with van der Waals surface area (Å²) in [4.78, 5) is 28.4. The molecular formula is C31H32BrNO5. The number of amides is 1. The van der Waals surface area contributed by atoms with Crippen LogP contribution in [0.3, 0.4) is 0 Å². The molecule has 6 nitrogen and oxygen atoms in total. The molecule has 1 aliphatic rings. The molecule has 7 heteroatoms. The predicted octanol–water partition coefficient (Wildman–Crippen LogP) is 7.17. The Hall–Kier alpha value is -3.58. The van der Waals surface area contributed by atoms with E-state index >= 15 is 0 Å². The van der Waals surface area contributed by atoms with Gasteiger partial charge in [-0.05, 0) is 88.8 Å². The van der Waals surface area contributed by atoms with Crippen molar-refractivity contribution >= 4 is 39.1 Å². The third-order valence-corrected chi connectivity index (χ3v) is 7.07. The van der Waals surface area contributed by atoms with Crippen molar-refractivity contribution in [3.8, 4) is 11.5 Å². The lowest BCUT2D eigenvalue weighted by Crippen LogP contribution is -2.29. The van der Waals surface area contributed by atoms with Crippen molar-refractivity contribution < 1.29 is 24.2 Å². The van der Waals surface area contributed by atoms with Gasteiger partial charge in [0.05, 0.1) is 29.3 Å². The lowest BCUT2D eigenvalue weighted by molar-refractivity contribution is -0.132. The average molecular weight is 579 g/mol. The molecule has 0 radical (unpaired) electrons. The van der Waals surface area contributed by atoms with Crippen LogP contribution in [-0.2, 0) is 15.0 Å². The number of halogens is 1. The van der Waals surface area contributed by atoms with Crippen molar-refractivity contribution in [2.24, 2.45) is 0 Å². The molecule has 1 fully saturated rings. The van der Waals surface area contributed by atoms with Crippen molar-refractivity contribution in [1.29, 1.82) is 0 Å². The highest BCUT2D eigenvalue weighted by Gasteiger charge is 2.47. The van der Waals surface area contributed by atoms with Crippen LogP contribution >= 0.6 is 15.9 Å². The second kappa shape index (κ2) is 10.7. The number of methoxy groups -OCH3 is 1. The molecule has 1 saturated heterocycles. The number of ketones is 1. The van der Waals surface area contributed by atoms with Crippen LogP contribution in [-0.4, -0.2) is 30.0 Å². The van der Waals surface area contributed by atoms with Crippen LogP contribution in [0.15, 0.2) is 76.8 Å². The first-order valence-corrected chi connectivity index (χ1v) is 13.2. The van der Waals surface area contributed by atoms with Crippen molar-refractivity contribution in [2.45, 2.75) is 52.2 Å². The molecular weight excluding hydrogens is 546 g/mol. The molecule has 1 amide bonds. The molecule has 1 N–H and O–H groups in total. The van der Waals surface area contributed by atoms with Crippen LogP contribution < -0.4 is 14.4 Å². The van der Waals surface area contributed by atoms with E-state index in [1.54, 1.807) is 25.3 Å². The number of carbonyl (C=O) groups excluding carboxylic acids is 2. The van der Waals surface area contributed by atoms with E-state index in [-0.39, 0.29) is 22.9 Å². The first-order valence-electron chi connectivity index (χ1n) is 12.4. The molecule has 1 aliphatic heterocycles. The second-order valence-corrected chi connectivity index (χ2v) is 11.4. The fourth-order valence-electron chi connectivity index (χ4n) is 4.51. The molecule has 1 heterocycles. The fourth-order valence-corrected chi connectivity index (χ4v) is 5.05. The largest absolute Gasteiger partial charge is 0.507 e. The summed E-state index contributed by atoms with van der Waals surface area (Å²) >= 11 is 3.44. The summed E-state index contributed by atoms with van der Waals surface area (Å²) < 4.78 is 11.7. The summed E-state index contributed by atoms with van der Waals surface area (Å²) in [6.07, 6.45) is 0.00124. The zero-order chi connectivity index (χ0) is 27.8. The van der Waals surface area contributed by atoms with Crippen molar-refractivity contribution in [1.82, 2.24) is 0 Å². The van der Waals surface area contributed by atoms with Gasteiger partial charge in [-0.25, -0.2) is 0 Å². The zero-order valence-electron chi connectivity index (χ0n) is 22.4. The number of rotatable bonds is 6. The molecule has 3 aromatic rings. The summed E-state index contributed by atoms with van der Waals surface area (Å²) in [5.41, 5.74) is 2.69. The van der Waals surface area contributed by atoms with Gasteiger partial charge in [0.2, 0.25) is 0 Å². The minimum Gasteiger partial charge on any atom is -0.507 e. The van der Waals surface area contributed by atoms with Gasteiger partial charge in [-0.3, -0.25) is 14.5 Å². The van der Waals surface area contributed by atoms with E-state index in [2.05, 4.69) is 36.7 Å². The van der Waals surface area contributed by atoms with E-state index in [0.29, 0.717) is 32.8 Å². The summed E-state index contributed by atoms with van der Waals surface area (Å²) in [7, 11) is 1.54. The van der Waals surface area contributed by atoms with Crippen molar-refractivity contribution in [2.75, 3.05) is 12.0 Å². The van der Waals surface area contributed by atoms with Gasteiger partial charge in [-0.2, -0.15) is 0 Å². The normalized spacial score (nSPS) is 17.3. The Morgan fingerprint density at radius 2 is 1.61 bits per heavy atom. The van der Waals surface area contributed by atoms with Crippen LogP contribution in [0.4, 0.5) is 5.69 Å². The molecule has 0 saturated carbocycles. The molecule has 4 rings (SSSR count). The van der Waals surface area contributed by atoms with Gasteiger partial charge >= 0.3 is 0 Å². The van der Waals surface area contributed by atoms with E-state index < -0.39 is 17.7 Å². The highest BCUT2D eigenvalue weighted by Crippen LogP contribution is 2.43. The minimum absolute atomic E-state index is 0.00124. The van der Waals surface area contributed by atoms with Crippen molar-refractivity contribution in [3.05, 3.63) is 93.5 Å². The Kier molecular flexibility index (Phi) is 7.70. The number of hydrogen-bond acceptors (Lipinski definition) is 5. The summed E-state index contributed by atoms with van der Waals surface area (Å²) in [5.74, 6) is -0.447. The quantitative estimate of drug-likeness (QED) is 0.191. The molecule has 198 valence electrons. The first kappa shape index (κ1) is 27.5. The van der Waals surface area contributed by atoms with Crippen LogP contribution in [0.1, 0.15) is 57.4 Å². The molecule has 38 heavy (non-hydrogen) atoms. The van der Waals surface area contributed by atoms with Gasteiger partial charge in [0.25, 0.3) is 11.7 Å². The Bertz CT molecular complexity index is 1390. The van der Waals surface area contributed by atoms with Crippen LogP contribution in [0.5, 0.6) is 11.5 Å². The van der Waals surface area contributed by atoms with Gasteiger partial charge in [-0.1, -0.05) is 45.0 Å². The fraction of sp³-hybridized carbons (Fsp3) is 0.290. The number of aliphatic hydroxyl groups excluding tert-OH is 1. The minimum atomic E-state index is -0.829. The second-order valence-electron chi connectivity index (χ2n) is 10.6. The number of anilines is 1. The Morgan fingerprint density at radius 3 is 2.13 bits per heavy atom. The topological polar surface area (TPSA) is 76.1 Å².